The van der Waals surface area contributed by atoms with Crippen LogP contribution in [0.3, 0.4) is 0 Å². The van der Waals surface area contributed by atoms with Crippen molar-refractivity contribution in [2.24, 2.45) is 0 Å². The molecule has 11 heteroatoms. The summed E-state index contributed by atoms with van der Waals surface area (Å²) in [7, 11) is -6.55. The highest BCUT2D eigenvalue weighted by atomic mass is 32.2. The Morgan fingerprint density at radius 1 is 0.605 bits per heavy atom. The molecule has 0 aromatic heterocycles. The maximum Gasteiger partial charge on any atom is 0.432 e. The Bertz CT molecular complexity index is 1280. The van der Waals surface area contributed by atoms with Crippen molar-refractivity contribution in [1.29, 1.82) is 0 Å². The average Bonchev–Trinajstić information content (AvgIpc) is 2.89. The van der Waals surface area contributed by atoms with Gasteiger partial charge in [-0.15, -0.1) is 0 Å². The van der Waals surface area contributed by atoms with Crippen LogP contribution in [-0.4, -0.2) is 30.5 Å². The van der Waals surface area contributed by atoms with Gasteiger partial charge in [0.15, 0.2) is 24.8 Å². The zero-order valence-electron chi connectivity index (χ0n) is 19.5. The molecule has 0 radical (unpaired) electrons. The number of ether oxygens (including phenoxy) is 1. The molecule has 0 aliphatic heterocycles. The smallest absolute Gasteiger partial charge is 0.432 e. The van der Waals surface area contributed by atoms with Crippen molar-refractivity contribution in [2.75, 3.05) is 0 Å². The summed E-state index contributed by atoms with van der Waals surface area (Å²) >= 11 is 0. The van der Waals surface area contributed by atoms with Crippen molar-refractivity contribution < 1.29 is 39.7 Å². The topological polar surface area (TPSA) is 66.4 Å². The van der Waals surface area contributed by atoms with Crippen LogP contribution in [0.4, 0.5) is 22.0 Å². The average molecular weight is 569 g/mol. The number of halogens is 5. The predicted octanol–water partition coefficient (Wildman–Crippen LogP) is 6.92. The Kier molecular flexibility index (Phi) is 9.53. The van der Waals surface area contributed by atoms with Crippen molar-refractivity contribution in [3.63, 3.8) is 0 Å². The summed E-state index contributed by atoms with van der Waals surface area (Å²) in [6, 6.07) is 37.7. The molecule has 0 spiro atoms. The van der Waals surface area contributed by atoms with Crippen molar-refractivity contribution in [3.05, 3.63) is 121 Å². The SMILES string of the molecule is O=S(=O)([O-])C(F)(F)C(Oc1ccccc1)C(F)(F)F.c1ccc([S+](c2ccccc2)c2ccccc2)cc1. The molecule has 0 aliphatic carbocycles. The van der Waals surface area contributed by atoms with Crippen LogP contribution < -0.4 is 4.74 Å². The van der Waals surface area contributed by atoms with Crippen molar-refractivity contribution in [1.82, 2.24) is 0 Å². The van der Waals surface area contributed by atoms with E-state index >= 15 is 0 Å². The lowest BCUT2D eigenvalue weighted by atomic mass is 10.3. The maximum absolute atomic E-state index is 13.0. The van der Waals surface area contributed by atoms with E-state index in [1.165, 1.54) is 32.9 Å². The molecule has 0 saturated carbocycles. The van der Waals surface area contributed by atoms with E-state index in [-0.39, 0.29) is 10.9 Å². The number of alkyl halides is 5. The lowest BCUT2D eigenvalue weighted by Gasteiger charge is -2.30. The quantitative estimate of drug-likeness (QED) is 0.138. The van der Waals surface area contributed by atoms with Gasteiger partial charge >= 0.3 is 11.4 Å². The highest BCUT2D eigenvalue weighted by Gasteiger charge is 2.62. The number of para-hydroxylation sites is 1. The molecule has 1 unspecified atom stereocenters. The summed E-state index contributed by atoms with van der Waals surface area (Å²) in [5, 5.41) is -5.64. The van der Waals surface area contributed by atoms with Crippen LogP contribution in [0.25, 0.3) is 0 Å². The number of benzene rings is 4. The van der Waals surface area contributed by atoms with Gasteiger partial charge in [0.2, 0.25) is 0 Å². The summed E-state index contributed by atoms with van der Waals surface area (Å²) in [5.74, 6) is -0.645. The van der Waals surface area contributed by atoms with Gasteiger partial charge in [-0.05, 0) is 48.5 Å². The second-order valence-corrected chi connectivity index (χ2v) is 11.1. The van der Waals surface area contributed by atoms with E-state index in [2.05, 4.69) is 95.7 Å². The molecule has 0 amide bonds. The van der Waals surface area contributed by atoms with Crippen LogP contribution in [0.1, 0.15) is 0 Å². The molecule has 0 saturated heterocycles. The molecule has 0 heterocycles. The minimum Gasteiger partial charge on any atom is -0.743 e. The van der Waals surface area contributed by atoms with E-state index in [0.717, 1.165) is 12.1 Å². The van der Waals surface area contributed by atoms with E-state index in [9.17, 15) is 34.9 Å². The van der Waals surface area contributed by atoms with E-state index in [4.69, 9.17) is 0 Å². The number of hydrogen-bond acceptors (Lipinski definition) is 4. The molecule has 4 aromatic rings. The Balaban J connectivity index is 0.000000211. The van der Waals surface area contributed by atoms with Gasteiger partial charge in [-0.1, -0.05) is 72.8 Å². The van der Waals surface area contributed by atoms with Gasteiger partial charge in [0.25, 0.3) is 6.10 Å². The standard InChI is InChI=1S/C18H15S.C9H7F5O4S/c1-4-10-16(11-5-1)19(17-12-6-2-7-13-17)18-14-8-3-9-15-18;10-8(11,12)7(9(13,14)19(15,16)17)18-6-4-2-1-3-5-6/h1-15H;1-5,7H,(H,15,16,17)/q+1;/p-1. The van der Waals surface area contributed by atoms with Gasteiger partial charge in [0.05, 0.1) is 10.9 Å². The Hall–Kier alpha value is -3.41. The first-order valence-electron chi connectivity index (χ1n) is 10.9. The first-order valence-corrected chi connectivity index (χ1v) is 13.6. The summed E-state index contributed by atoms with van der Waals surface area (Å²) in [5.41, 5.74) is 0. The normalized spacial score (nSPS) is 12.8. The predicted molar refractivity (Wildman–Crippen MR) is 133 cm³/mol. The van der Waals surface area contributed by atoms with Crippen LogP contribution in [0.2, 0.25) is 0 Å². The Morgan fingerprint density at radius 3 is 1.21 bits per heavy atom. The van der Waals surface area contributed by atoms with E-state index in [1.807, 2.05) is 0 Å². The zero-order valence-corrected chi connectivity index (χ0v) is 21.1. The van der Waals surface area contributed by atoms with Gasteiger partial charge in [-0.3, -0.25) is 0 Å². The lowest BCUT2D eigenvalue weighted by Crippen LogP contribution is -2.53. The molecule has 4 nitrogen and oxygen atoms in total. The van der Waals surface area contributed by atoms with Crippen LogP contribution in [0, 0.1) is 0 Å². The molecule has 0 bridgehead atoms. The molecule has 0 aliphatic rings. The van der Waals surface area contributed by atoms with Crippen molar-refractivity contribution in [2.45, 2.75) is 32.2 Å². The molecular weight excluding hydrogens is 547 g/mol. The van der Waals surface area contributed by atoms with E-state index in [1.54, 1.807) is 0 Å². The molecule has 0 fully saturated rings. The summed E-state index contributed by atoms with van der Waals surface area (Å²) in [4.78, 5) is 4.08. The molecule has 4 rings (SSSR count). The van der Waals surface area contributed by atoms with Gasteiger partial charge in [0.1, 0.15) is 5.75 Å². The monoisotopic (exact) mass is 568 g/mol. The largest absolute Gasteiger partial charge is 0.743 e. The second-order valence-electron chi connectivity index (χ2n) is 7.61. The summed E-state index contributed by atoms with van der Waals surface area (Å²) in [6.07, 6.45) is -9.82. The molecule has 4 aromatic carbocycles. The Morgan fingerprint density at radius 2 is 0.921 bits per heavy atom. The molecule has 1 atom stereocenters. The Labute approximate surface area is 219 Å². The third kappa shape index (κ3) is 7.56. The first-order chi connectivity index (χ1) is 17.9. The fourth-order valence-corrected chi connectivity index (χ4v) is 5.72. The van der Waals surface area contributed by atoms with Crippen molar-refractivity contribution in [3.8, 4) is 5.75 Å². The van der Waals surface area contributed by atoms with E-state index < -0.39 is 33.4 Å². The third-order valence-corrected chi connectivity index (χ3v) is 7.98. The molecule has 200 valence electrons. The van der Waals surface area contributed by atoms with Gasteiger partial charge < -0.3 is 9.29 Å². The van der Waals surface area contributed by atoms with Crippen LogP contribution in [0.15, 0.2) is 136 Å². The third-order valence-electron chi connectivity index (χ3n) is 4.87. The second kappa shape index (κ2) is 12.4. The zero-order chi connectivity index (χ0) is 27.8. The first kappa shape index (κ1) is 29.2. The van der Waals surface area contributed by atoms with Crippen molar-refractivity contribution >= 4 is 21.0 Å². The highest BCUT2D eigenvalue weighted by Crippen LogP contribution is 2.38. The van der Waals surface area contributed by atoms with Gasteiger partial charge in [-0.2, -0.15) is 22.0 Å². The molecular formula is C27H21F5O4S2. The fourth-order valence-electron chi connectivity index (χ4n) is 3.17. The molecule has 38 heavy (non-hydrogen) atoms. The van der Waals surface area contributed by atoms with Crippen LogP contribution in [0.5, 0.6) is 5.75 Å². The molecule has 0 N–H and O–H groups in total. The number of rotatable bonds is 7. The maximum atomic E-state index is 13.0. The fraction of sp³-hybridized carbons (Fsp3) is 0.111. The number of hydrogen-bond donors (Lipinski definition) is 0. The minimum absolute atomic E-state index is 0.0146. The van der Waals surface area contributed by atoms with Gasteiger partial charge in [0, 0.05) is 0 Å². The summed E-state index contributed by atoms with van der Waals surface area (Å²) in [6.45, 7) is 0. The highest BCUT2D eigenvalue weighted by molar-refractivity contribution is 7.97. The summed E-state index contributed by atoms with van der Waals surface area (Å²) < 4.78 is 98.0. The minimum atomic E-state index is -6.53. The van der Waals surface area contributed by atoms with Gasteiger partial charge in [-0.25, -0.2) is 8.42 Å². The lowest BCUT2D eigenvalue weighted by molar-refractivity contribution is -0.239. The van der Waals surface area contributed by atoms with Crippen LogP contribution >= 0.6 is 0 Å². The van der Waals surface area contributed by atoms with E-state index in [0.29, 0.717) is 0 Å². The van der Waals surface area contributed by atoms with Crippen LogP contribution in [-0.2, 0) is 21.0 Å².